The summed E-state index contributed by atoms with van der Waals surface area (Å²) >= 11 is 0. The molecule has 0 radical (unpaired) electrons. The van der Waals surface area contributed by atoms with Crippen LogP contribution >= 0.6 is 0 Å². The standard InChI is InChI=1S/C16H22N2O2/c1-5-9-12-18(16(20)8-4)14-10-13-17(11-6-2)15(19)7-3/h5-8,10,14H,1-4,9,11-13H2/b14-10+. The second-order valence-electron chi connectivity index (χ2n) is 3.93. The van der Waals surface area contributed by atoms with Crippen molar-refractivity contribution < 1.29 is 9.59 Å². The molecule has 0 rings (SSSR count). The summed E-state index contributed by atoms with van der Waals surface area (Å²) in [5.74, 6) is -0.365. The van der Waals surface area contributed by atoms with Crippen molar-refractivity contribution in [3.63, 3.8) is 0 Å². The van der Waals surface area contributed by atoms with Crippen LogP contribution < -0.4 is 0 Å². The Morgan fingerprint density at radius 2 is 1.55 bits per heavy atom. The van der Waals surface area contributed by atoms with Crippen LogP contribution in [0.3, 0.4) is 0 Å². The van der Waals surface area contributed by atoms with Crippen molar-refractivity contribution in [3.05, 3.63) is 62.9 Å². The van der Waals surface area contributed by atoms with Gasteiger partial charge in [0, 0.05) is 25.8 Å². The summed E-state index contributed by atoms with van der Waals surface area (Å²) in [5.41, 5.74) is 0. The molecule has 4 heteroatoms. The van der Waals surface area contributed by atoms with Crippen LogP contribution in [0.4, 0.5) is 0 Å². The molecule has 0 bridgehead atoms. The van der Waals surface area contributed by atoms with E-state index in [2.05, 4.69) is 26.3 Å². The van der Waals surface area contributed by atoms with Crippen LogP contribution in [0.2, 0.25) is 0 Å². The minimum absolute atomic E-state index is 0.178. The van der Waals surface area contributed by atoms with Crippen LogP contribution in [0.25, 0.3) is 0 Å². The Morgan fingerprint density at radius 3 is 2.05 bits per heavy atom. The monoisotopic (exact) mass is 274 g/mol. The topological polar surface area (TPSA) is 40.6 Å². The van der Waals surface area contributed by atoms with E-state index in [0.717, 1.165) is 0 Å². The number of nitrogens with zero attached hydrogens (tertiary/aromatic N) is 2. The van der Waals surface area contributed by atoms with Crippen molar-refractivity contribution in [2.45, 2.75) is 6.42 Å². The highest BCUT2D eigenvalue weighted by Gasteiger charge is 2.07. The maximum atomic E-state index is 11.6. The zero-order chi connectivity index (χ0) is 15.4. The molecule has 0 saturated heterocycles. The summed E-state index contributed by atoms with van der Waals surface area (Å²) in [7, 11) is 0. The van der Waals surface area contributed by atoms with Gasteiger partial charge in [0.2, 0.25) is 11.8 Å². The number of rotatable bonds is 10. The first kappa shape index (κ1) is 17.6. The van der Waals surface area contributed by atoms with Crippen LogP contribution in [0, 0.1) is 0 Å². The van der Waals surface area contributed by atoms with Crippen LogP contribution in [0.15, 0.2) is 62.9 Å². The number of hydrogen-bond acceptors (Lipinski definition) is 2. The molecule has 0 aliphatic carbocycles. The first-order chi connectivity index (χ1) is 9.60. The van der Waals surface area contributed by atoms with Crippen molar-refractivity contribution in [2.24, 2.45) is 0 Å². The average Bonchev–Trinajstić information content (AvgIpc) is 2.47. The van der Waals surface area contributed by atoms with E-state index in [1.165, 1.54) is 17.1 Å². The quantitative estimate of drug-likeness (QED) is 0.453. The molecule has 20 heavy (non-hydrogen) atoms. The Kier molecular flexibility index (Phi) is 9.31. The summed E-state index contributed by atoms with van der Waals surface area (Å²) in [4.78, 5) is 26.3. The molecular formula is C16H22N2O2. The predicted octanol–water partition coefficient (Wildman–Crippen LogP) is 2.29. The van der Waals surface area contributed by atoms with E-state index in [9.17, 15) is 9.59 Å². The van der Waals surface area contributed by atoms with Crippen molar-refractivity contribution in [2.75, 3.05) is 19.6 Å². The van der Waals surface area contributed by atoms with Gasteiger partial charge in [0.15, 0.2) is 0 Å². The van der Waals surface area contributed by atoms with Crippen molar-refractivity contribution in [3.8, 4) is 0 Å². The number of carbonyl (C=O) groups is 2. The Labute approximate surface area is 121 Å². The highest BCUT2D eigenvalue weighted by molar-refractivity contribution is 5.88. The molecule has 0 aliphatic heterocycles. The predicted molar refractivity (Wildman–Crippen MR) is 82.8 cm³/mol. The summed E-state index contributed by atoms with van der Waals surface area (Å²) in [5, 5.41) is 0. The van der Waals surface area contributed by atoms with Gasteiger partial charge in [0.25, 0.3) is 0 Å². The molecular weight excluding hydrogens is 252 g/mol. The van der Waals surface area contributed by atoms with Gasteiger partial charge in [-0.05, 0) is 24.6 Å². The molecule has 0 spiro atoms. The second-order valence-corrected chi connectivity index (χ2v) is 3.93. The average molecular weight is 274 g/mol. The van der Waals surface area contributed by atoms with Crippen molar-refractivity contribution in [1.29, 1.82) is 0 Å². The van der Waals surface area contributed by atoms with Gasteiger partial charge >= 0.3 is 0 Å². The highest BCUT2D eigenvalue weighted by atomic mass is 16.2. The maximum absolute atomic E-state index is 11.6. The van der Waals surface area contributed by atoms with E-state index in [1.54, 1.807) is 29.3 Å². The Hall–Kier alpha value is -2.36. The molecule has 0 N–H and O–H groups in total. The van der Waals surface area contributed by atoms with Crippen molar-refractivity contribution in [1.82, 2.24) is 9.80 Å². The van der Waals surface area contributed by atoms with Crippen LogP contribution in [0.5, 0.6) is 0 Å². The molecule has 0 aromatic carbocycles. The zero-order valence-corrected chi connectivity index (χ0v) is 11.8. The lowest BCUT2D eigenvalue weighted by atomic mass is 10.3. The molecule has 4 nitrogen and oxygen atoms in total. The van der Waals surface area contributed by atoms with Gasteiger partial charge in [-0.1, -0.05) is 25.3 Å². The molecule has 0 heterocycles. The molecule has 0 unspecified atom stereocenters. The lowest BCUT2D eigenvalue weighted by Crippen LogP contribution is -2.30. The second kappa shape index (κ2) is 10.6. The van der Waals surface area contributed by atoms with Gasteiger partial charge in [0.1, 0.15) is 0 Å². The Bertz CT molecular complexity index is 411. The number of hydrogen-bond donors (Lipinski definition) is 0. The minimum atomic E-state index is -0.187. The number of carbonyl (C=O) groups excluding carboxylic acids is 2. The first-order valence-corrected chi connectivity index (χ1v) is 6.33. The van der Waals surface area contributed by atoms with E-state index in [0.29, 0.717) is 26.1 Å². The minimum Gasteiger partial charge on any atom is -0.332 e. The van der Waals surface area contributed by atoms with E-state index in [1.807, 2.05) is 0 Å². The normalized spacial score (nSPS) is 9.80. The van der Waals surface area contributed by atoms with Crippen LogP contribution in [0.1, 0.15) is 6.42 Å². The molecule has 0 aromatic heterocycles. The number of amides is 2. The van der Waals surface area contributed by atoms with Gasteiger partial charge in [-0.2, -0.15) is 0 Å². The maximum Gasteiger partial charge on any atom is 0.249 e. The third-order valence-corrected chi connectivity index (χ3v) is 2.48. The van der Waals surface area contributed by atoms with Gasteiger partial charge in [0.05, 0.1) is 0 Å². The molecule has 0 aromatic rings. The summed E-state index contributed by atoms with van der Waals surface area (Å²) in [6.07, 6.45) is 9.97. The van der Waals surface area contributed by atoms with Gasteiger partial charge in [-0.25, -0.2) is 0 Å². The van der Waals surface area contributed by atoms with Gasteiger partial charge < -0.3 is 9.80 Å². The SMILES string of the molecule is C=CCCN(/C=C/CN(CC=C)C(=O)C=C)C(=O)C=C. The van der Waals surface area contributed by atoms with E-state index in [-0.39, 0.29) is 11.8 Å². The molecule has 0 aliphatic rings. The van der Waals surface area contributed by atoms with Crippen LogP contribution in [-0.2, 0) is 9.59 Å². The van der Waals surface area contributed by atoms with E-state index >= 15 is 0 Å². The van der Waals surface area contributed by atoms with Crippen molar-refractivity contribution >= 4 is 11.8 Å². The van der Waals surface area contributed by atoms with Gasteiger partial charge in [-0.15, -0.1) is 13.2 Å². The molecule has 0 atom stereocenters. The van der Waals surface area contributed by atoms with Gasteiger partial charge in [-0.3, -0.25) is 9.59 Å². The third-order valence-electron chi connectivity index (χ3n) is 2.48. The van der Waals surface area contributed by atoms with E-state index in [4.69, 9.17) is 0 Å². The fourth-order valence-corrected chi connectivity index (χ4v) is 1.45. The third kappa shape index (κ3) is 6.54. The fraction of sp³-hybridized carbons (Fsp3) is 0.250. The Balaban J connectivity index is 4.66. The highest BCUT2D eigenvalue weighted by Crippen LogP contribution is 1.98. The first-order valence-electron chi connectivity index (χ1n) is 6.33. The molecule has 0 fully saturated rings. The summed E-state index contributed by atoms with van der Waals surface area (Å²) < 4.78 is 0. The fourth-order valence-electron chi connectivity index (χ4n) is 1.45. The smallest absolute Gasteiger partial charge is 0.249 e. The van der Waals surface area contributed by atoms with E-state index < -0.39 is 0 Å². The molecule has 0 saturated carbocycles. The Morgan fingerprint density at radius 1 is 0.900 bits per heavy atom. The summed E-state index contributed by atoms with van der Waals surface area (Å²) in [6, 6.07) is 0. The molecule has 108 valence electrons. The summed E-state index contributed by atoms with van der Waals surface area (Å²) in [6.45, 7) is 15.5. The lowest BCUT2D eigenvalue weighted by molar-refractivity contribution is -0.125. The zero-order valence-electron chi connectivity index (χ0n) is 11.8. The van der Waals surface area contributed by atoms with Crippen LogP contribution in [-0.4, -0.2) is 41.2 Å². The largest absolute Gasteiger partial charge is 0.332 e. The molecule has 2 amide bonds. The lowest BCUT2D eigenvalue weighted by Gasteiger charge is -2.19.